The van der Waals surface area contributed by atoms with Crippen LogP contribution in [0, 0.1) is 0 Å². The number of hydrogen-bond acceptors (Lipinski definition) is 3. The van der Waals surface area contributed by atoms with Gasteiger partial charge >= 0.3 is 5.97 Å². The van der Waals surface area contributed by atoms with Gasteiger partial charge in [-0.15, -0.1) is 0 Å². The first kappa shape index (κ1) is 11.6. The molecule has 1 heterocycles. The van der Waals surface area contributed by atoms with Gasteiger partial charge in [0.2, 0.25) is 0 Å². The molecular formula is C14H15NO2. The summed E-state index contributed by atoms with van der Waals surface area (Å²) in [6.07, 6.45) is 8.14. The average Bonchev–Trinajstić information content (AvgIpc) is 2.33. The van der Waals surface area contributed by atoms with Gasteiger partial charge in [0.1, 0.15) is 5.69 Å². The molecule has 1 aliphatic carbocycles. The molecule has 88 valence electrons. The molecule has 0 amide bonds. The lowest BCUT2D eigenvalue weighted by molar-refractivity contribution is 0.0593. The van der Waals surface area contributed by atoms with E-state index in [2.05, 4.69) is 28.8 Å². The van der Waals surface area contributed by atoms with Crippen LogP contribution in [0.5, 0.6) is 0 Å². The quantitative estimate of drug-likeness (QED) is 0.536. The SMILES string of the molecule is COC(=O)c1ccc2/c(n1)=C\CC(C)=CC\C=2. The Labute approximate surface area is 100 Å². The van der Waals surface area contributed by atoms with Crippen molar-refractivity contribution in [2.45, 2.75) is 19.8 Å². The van der Waals surface area contributed by atoms with Crippen molar-refractivity contribution in [3.8, 4) is 0 Å². The van der Waals surface area contributed by atoms with E-state index < -0.39 is 5.97 Å². The number of carbonyl (C=O) groups excluding carboxylic acids is 1. The van der Waals surface area contributed by atoms with Crippen molar-refractivity contribution >= 4 is 18.1 Å². The maximum Gasteiger partial charge on any atom is 0.356 e. The fourth-order valence-electron chi connectivity index (χ4n) is 1.77. The molecule has 0 radical (unpaired) electrons. The fourth-order valence-corrected chi connectivity index (χ4v) is 1.77. The van der Waals surface area contributed by atoms with Gasteiger partial charge in [-0.25, -0.2) is 9.78 Å². The molecule has 0 saturated carbocycles. The highest BCUT2D eigenvalue weighted by molar-refractivity contribution is 5.86. The third-order valence-corrected chi connectivity index (χ3v) is 2.77. The molecule has 0 saturated heterocycles. The van der Waals surface area contributed by atoms with Crippen LogP contribution in [0.15, 0.2) is 23.8 Å². The summed E-state index contributed by atoms with van der Waals surface area (Å²) in [7, 11) is 1.36. The van der Waals surface area contributed by atoms with Crippen molar-refractivity contribution in [1.82, 2.24) is 4.98 Å². The highest BCUT2D eigenvalue weighted by atomic mass is 16.5. The van der Waals surface area contributed by atoms with E-state index in [4.69, 9.17) is 0 Å². The maximum absolute atomic E-state index is 11.4. The van der Waals surface area contributed by atoms with Crippen LogP contribution in [-0.4, -0.2) is 18.1 Å². The number of nitrogens with zero attached hydrogens (tertiary/aromatic N) is 1. The number of aromatic nitrogens is 1. The molecule has 0 unspecified atom stereocenters. The molecule has 0 spiro atoms. The molecule has 17 heavy (non-hydrogen) atoms. The number of pyridine rings is 1. The smallest absolute Gasteiger partial charge is 0.356 e. The molecule has 0 aliphatic heterocycles. The van der Waals surface area contributed by atoms with Gasteiger partial charge in [-0.05, 0) is 31.1 Å². The predicted molar refractivity (Wildman–Crippen MR) is 66.7 cm³/mol. The summed E-state index contributed by atoms with van der Waals surface area (Å²) in [4.78, 5) is 15.7. The van der Waals surface area contributed by atoms with Gasteiger partial charge in [-0.1, -0.05) is 29.9 Å². The molecule has 2 rings (SSSR count). The first-order valence-electron chi connectivity index (χ1n) is 5.62. The van der Waals surface area contributed by atoms with Crippen molar-refractivity contribution in [3.63, 3.8) is 0 Å². The van der Waals surface area contributed by atoms with E-state index in [-0.39, 0.29) is 0 Å². The number of fused-ring (bicyclic) bond motifs is 1. The van der Waals surface area contributed by atoms with Gasteiger partial charge in [-0.2, -0.15) is 0 Å². The minimum Gasteiger partial charge on any atom is -0.464 e. The number of hydrogen-bond donors (Lipinski definition) is 0. The molecule has 0 fully saturated rings. The molecule has 0 N–H and O–H groups in total. The Morgan fingerprint density at radius 3 is 2.88 bits per heavy atom. The molecular weight excluding hydrogens is 214 g/mol. The van der Waals surface area contributed by atoms with E-state index in [9.17, 15) is 4.79 Å². The van der Waals surface area contributed by atoms with Crippen LogP contribution in [0.2, 0.25) is 0 Å². The fraction of sp³-hybridized carbons (Fsp3) is 0.286. The number of allylic oxidation sites excluding steroid dienone is 2. The summed E-state index contributed by atoms with van der Waals surface area (Å²) in [5, 5.41) is 1.93. The summed E-state index contributed by atoms with van der Waals surface area (Å²) in [6.45, 7) is 2.10. The maximum atomic E-state index is 11.4. The zero-order valence-electron chi connectivity index (χ0n) is 10.1. The third kappa shape index (κ3) is 2.61. The Balaban J connectivity index is 2.53. The van der Waals surface area contributed by atoms with E-state index in [0.717, 1.165) is 23.4 Å². The molecule has 0 atom stereocenters. The van der Waals surface area contributed by atoms with Crippen LogP contribution >= 0.6 is 0 Å². The Morgan fingerprint density at radius 2 is 2.12 bits per heavy atom. The molecule has 1 aromatic heterocycles. The second-order valence-electron chi connectivity index (χ2n) is 4.06. The predicted octanol–water partition coefficient (Wildman–Crippen LogP) is 1.17. The van der Waals surface area contributed by atoms with Crippen molar-refractivity contribution in [2.24, 2.45) is 0 Å². The van der Waals surface area contributed by atoms with Gasteiger partial charge in [0.25, 0.3) is 0 Å². The standard InChI is InChI=1S/C14H15NO2/c1-10-4-3-5-11-7-9-13(14(16)17-2)15-12(11)8-6-10/h4-5,7-9H,3,6H2,1-2H3/b10-4?,11-5-,12-8+. The minimum atomic E-state index is -0.393. The first-order chi connectivity index (χ1) is 8.20. The van der Waals surface area contributed by atoms with E-state index in [1.807, 2.05) is 12.1 Å². The number of rotatable bonds is 1. The van der Waals surface area contributed by atoms with E-state index in [1.54, 1.807) is 6.07 Å². The highest BCUT2D eigenvalue weighted by Gasteiger charge is 2.06. The normalized spacial score (nSPS) is 18.4. The van der Waals surface area contributed by atoms with Crippen LogP contribution in [0.4, 0.5) is 0 Å². The number of ether oxygens (including phenoxy) is 1. The Hall–Kier alpha value is -1.90. The van der Waals surface area contributed by atoms with Crippen LogP contribution < -0.4 is 10.6 Å². The number of carbonyl (C=O) groups is 1. The van der Waals surface area contributed by atoms with E-state index in [0.29, 0.717) is 5.69 Å². The summed E-state index contributed by atoms with van der Waals surface area (Å²) >= 11 is 0. The molecule has 1 aromatic rings. The molecule has 1 aliphatic rings. The summed E-state index contributed by atoms with van der Waals surface area (Å²) in [5.74, 6) is -0.393. The highest BCUT2D eigenvalue weighted by Crippen LogP contribution is 2.03. The van der Waals surface area contributed by atoms with Crippen LogP contribution in [0.3, 0.4) is 0 Å². The summed E-state index contributed by atoms with van der Waals surface area (Å²) in [5.41, 5.74) is 1.68. The van der Waals surface area contributed by atoms with Gasteiger partial charge in [0.05, 0.1) is 12.5 Å². The lowest BCUT2D eigenvalue weighted by Gasteiger charge is -2.02. The van der Waals surface area contributed by atoms with Crippen molar-refractivity contribution < 1.29 is 9.53 Å². The van der Waals surface area contributed by atoms with Crippen LogP contribution in [0.1, 0.15) is 30.3 Å². The zero-order chi connectivity index (χ0) is 12.3. The lowest BCUT2D eigenvalue weighted by Crippen LogP contribution is -2.30. The Kier molecular flexibility index (Phi) is 3.38. The number of methoxy groups -OCH3 is 1. The number of esters is 1. The van der Waals surface area contributed by atoms with Gasteiger partial charge in [0, 0.05) is 0 Å². The van der Waals surface area contributed by atoms with Crippen LogP contribution in [0.25, 0.3) is 12.2 Å². The average molecular weight is 229 g/mol. The minimum absolute atomic E-state index is 0.359. The van der Waals surface area contributed by atoms with Crippen LogP contribution in [-0.2, 0) is 4.74 Å². The summed E-state index contributed by atoms with van der Waals surface area (Å²) < 4.78 is 4.67. The molecule has 0 bridgehead atoms. The summed E-state index contributed by atoms with van der Waals surface area (Å²) in [6, 6.07) is 3.62. The second kappa shape index (κ2) is 4.95. The monoisotopic (exact) mass is 229 g/mol. The molecule has 0 aromatic carbocycles. The van der Waals surface area contributed by atoms with Crippen molar-refractivity contribution in [2.75, 3.05) is 7.11 Å². The second-order valence-corrected chi connectivity index (χ2v) is 4.06. The van der Waals surface area contributed by atoms with E-state index >= 15 is 0 Å². The van der Waals surface area contributed by atoms with Crippen molar-refractivity contribution in [1.29, 1.82) is 0 Å². The van der Waals surface area contributed by atoms with Gasteiger partial charge < -0.3 is 4.74 Å². The first-order valence-corrected chi connectivity index (χ1v) is 5.62. The molecule has 3 heteroatoms. The lowest BCUT2D eigenvalue weighted by atomic mass is 10.1. The Morgan fingerprint density at radius 1 is 1.29 bits per heavy atom. The Bertz CT molecular complexity index is 585. The topological polar surface area (TPSA) is 39.2 Å². The third-order valence-electron chi connectivity index (χ3n) is 2.77. The van der Waals surface area contributed by atoms with Crippen molar-refractivity contribution in [3.05, 3.63) is 40.0 Å². The van der Waals surface area contributed by atoms with E-state index in [1.165, 1.54) is 12.7 Å². The zero-order valence-corrected chi connectivity index (χ0v) is 10.1. The largest absolute Gasteiger partial charge is 0.464 e. The van der Waals surface area contributed by atoms with Gasteiger partial charge in [0.15, 0.2) is 0 Å². The molecule has 3 nitrogen and oxygen atoms in total. The van der Waals surface area contributed by atoms with Gasteiger partial charge in [-0.3, -0.25) is 0 Å².